The highest BCUT2D eigenvalue weighted by atomic mass is 32.1. The first-order valence-corrected chi connectivity index (χ1v) is 6.97. The van der Waals surface area contributed by atoms with E-state index >= 15 is 0 Å². The van der Waals surface area contributed by atoms with Crippen molar-refractivity contribution in [3.05, 3.63) is 60.2 Å². The lowest BCUT2D eigenvalue weighted by Gasteiger charge is -2.02. The monoisotopic (exact) mass is 285 g/mol. The molecular formula is C15H13N2O2S+. The molecule has 0 amide bonds. The minimum absolute atomic E-state index is 0.232. The zero-order chi connectivity index (χ0) is 13.9. The summed E-state index contributed by atoms with van der Waals surface area (Å²) in [6.07, 6.45) is -0.455. The largest absolute Gasteiger partial charge is 0.513 e. The number of nitrogens with two attached hydrogens (primary N) is 1. The van der Waals surface area contributed by atoms with Gasteiger partial charge in [-0.2, -0.15) is 4.79 Å². The minimum atomic E-state index is -0.455. The van der Waals surface area contributed by atoms with Crippen molar-refractivity contribution < 1.29 is 14.1 Å². The highest BCUT2D eigenvalue weighted by Crippen LogP contribution is 2.21. The van der Waals surface area contributed by atoms with E-state index in [2.05, 4.69) is 0 Å². The fraction of sp³-hybridized carbons (Fsp3) is 0.0667. The summed E-state index contributed by atoms with van der Waals surface area (Å²) >= 11 is 1.37. The van der Waals surface area contributed by atoms with Crippen LogP contribution in [-0.2, 0) is 11.3 Å². The predicted octanol–water partition coefficient (Wildman–Crippen LogP) is 2.96. The van der Waals surface area contributed by atoms with Crippen molar-refractivity contribution in [2.75, 3.05) is 5.73 Å². The van der Waals surface area contributed by atoms with Gasteiger partial charge in [-0.05, 0) is 29.0 Å². The molecule has 3 aromatic rings. The second-order valence-corrected chi connectivity index (χ2v) is 5.35. The Morgan fingerprint density at radius 1 is 1.10 bits per heavy atom. The van der Waals surface area contributed by atoms with Crippen LogP contribution in [0.2, 0.25) is 0 Å². The van der Waals surface area contributed by atoms with Gasteiger partial charge in [0.25, 0.3) is 0 Å². The fourth-order valence-electron chi connectivity index (χ4n) is 1.98. The molecule has 1 heterocycles. The Hall–Kier alpha value is -2.40. The van der Waals surface area contributed by atoms with Crippen LogP contribution in [0.25, 0.3) is 10.2 Å². The number of fused-ring (bicyclic) bond motifs is 1. The van der Waals surface area contributed by atoms with Crippen molar-refractivity contribution in [3.8, 4) is 0 Å². The van der Waals surface area contributed by atoms with Crippen LogP contribution < -0.4 is 10.3 Å². The normalized spacial score (nSPS) is 10.6. The van der Waals surface area contributed by atoms with E-state index in [9.17, 15) is 4.79 Å². The Morgan fingerprint density at radius 2 is 1.80 bits per heavy atom. The van der Waals surface area contributed by atoms with Crippen LogP contribution >= 0.6 is 11.3 Å². The molecule has 0 spiro atoms. The van der Waals surface area contributed by atoms with Crippen molar-refractivity contribution >= 4 is 32.8 Å². The third kappa shape index (κ3) is 2.35. The van der Waals surface area contributed by atoms with Gasteiger partial charge in [-0.3, -0.25) is 5.73 Å². The van der Waals surface area contributed by atoms with Crippen LogP contribution in [0.1, 0.15) is 5.56 Å². The molecule has 2 N–H and O–H groups in total. The topological polar surface area (TPSA) is 56.2 Å². The second-order valence-electron chi connectivity index (χ2n) is 4.28. The highest BCUT2D eigenvalue weighted by Gasteiger charge is 2.23. The summed E-state index contributed by atoms with van der Waals surface area (Å²) in [6, 6.07) is 17.1. The Kier molecular flexibility index (Phi) is 3.35. The lowest BCUT2D eigenvalue weighted by Crippen LogP contribution is -2.44. The molecular weight excluding hydrogens is 272 g/mol. The third-order valence-electron chi connectivity index (χ3n) is 2.93. The second kappa shape index (κ2) is 5.30. The molecule has 20 heavy (non-hydrogen) atoms. The number of thiazole rings is 1. The molecule has 0 atom stereocenters. The van der Waals surface area contributed by atoms with Gasteiger partial charge in [0.05, 0.1) is 4.70 Å². The van der Waals surface area contributed by atoms with Gasteiger partial charge >= 0.3 is 11.2 Å². The SMILES string of the molecule is Nc1sc2ccccc2[n+]1C(=O)OCc1ccccc1. The van der Waals surface area contributed by atoms with Crippen LogP contribution in [-0.4, -0.2) is 6.09 Å². The average Bonchev–Trinajstić information content (AvgIpc) is 2.82. The lowest BCUT2D eigenvalue weighted by molar-refractivity contribution is -0.539. The quantitative estimate of drug-likeness (QED) is 0.736. The molecule has 0 unspecified atom stereocenters. The van der Waals surface area contributed by atoms with Crippen molar-refractivity contribution in [2.24, 2.45) is 0 Å². The van der Waals surface area contributed by atoms with Crippen LogP contribution in [0, 0.1) is 0 Å². The number of nitrogen functional groups attached to an aromatic ring is 1. The number of hydrogen-bond acceptors (Lipinski definition) is 4. The first kappa shape index (κ1) is 12.6. The number of carbonyl (C=O) groups is 1. The first-order valence-electron chi connectivity index (χ1n) is 6.16. The Bertz CT molecular complexity index is 753. The number of nitrogens with zero attached hydrogens (tertiary/aromatic N) is 1. The Balaban J connectivity index is 1.84. The third-order valence-corrected chi connectivity index (χ3v) is 3.89. The molecule has 2 aromatic carbocycles. The van der Waals surface area contributed by atoms with E-state index < -0.39 is 6.09 Å². The van der Waals surface area contributed by atoms with Gasteiger partial charge in [-0.15, -0.1) is 4.57 Å². The van der Waals surface area contributed by atoms with E-state index in [0.29, 0.717) is 5.13 Å². The lowest BCUT2D eigenvalue weighted by atomic mass is 10.2. The van der Waals surface area contributed by atoms with Crippen molar-refractivity contribution in [1.82, 2.24) is 0 Å². The molecule has 100 valence electrons. The van der Waals surface area contributed by atoms with E-state index in [0.717, 1.165) is 15.8 Å². The number of benzene rings is 2. The molecule has 5 heteroatoms. The van der Waals surface area contributed by atoms with E-state index in [1.165, 1.54) is 15.9 Å². The van der Waals surface area contributed by atoms with Crippen LogP contribution in [0.15, 0.2) is 54.6 Å². The van der Waals surface area contributed by atoms with Crippen LogP contribution in [0.4, 0.5) is 9.93 Å². The van der Waals surface area contributed by atoms with Crippen molar-refractivity contribution in [2.45, 2.75) is 6.61 Å². The average molecular weight is 285 g/mol. The van der Waals surface area contributed by atoms with E-state index in [1.54, 1.807) is 0 Å². The number of aromatic nitrogens is 1. The zero-order valence-electron chi connectivity index (χ0n) is 10.7. The standard InChI is InChI=1S/C15H12N2O2S/c16-14-17(12-8-4-5-9-13(12)20-14)15(18)19-10-11-6-2-1-3-7-11/h1-9,16H,10H2/p+1. The molecule has 0 fully saturated rings. The first-order chi connectivity index (χ1) is 9.75. The summed E-state index contributed by atoms with van der Waals surface area (Å²) in [4.78, 5) is 12.2. The highest BCUT2D eigenvalue weighted by molar-refractivity contribution is 7.21. The van der Waals surface area contributed by atoms with Crippen molar-refractivity contribution in [3.63, 3.8) is 0 Å². The molecule has 0 radical (unpaired) electrons. The maximum atomic E-state index is 12.2. The van der Waals surface area contributed by atoms with Gasteiger partial charge in [-0.1, -0.05) is 42.5 Å². The van der Waals surface area contributed by atoms with Gasteiger partial charge < -0.3 is 4.74 Å². The summed E-state index contributed by atoms with van der Waals surface area (Å²) in [5, 5.41) is 0.421. The predicted molar refractivity (Wildman–Crippen MR) is 78.5 cm³/mol. The molecule has 0 bridgehead atoms. The van der Waals surface area contributed by atoms with E-state index in [1.807, 2.05) is 54.6 Å². The molecule has 0 aliphatic carbocycles. The number of anilines is 1. The number of carbonyl (C=O) groups excluding carboxylic acids is 1. The zero-order valence-corrected chi connectivity index (χ0v) is 11.5. The summed E-state index contributed by atoms with van der Waals surface area (Å²) < 4.78 is 7.68. The number of para-hydroxylation sites is 1. The summed E-state index contributed by atoms with van der Waals surface area (Å²) in [5.41, 5.74) is 7.62. The molecule has 3 rings (SSSR count). The van der Waals surface area contributed by atoms with Gasteiger partial charge in [0, 0.05) is 0 Å². The smallest absolute Gasteiger partial charge is 0.426 e. The van der Waals surface area contributed by atoms with Gasteiger partial charge in [-0.25, -0.2) is 0 Å². The molecule has 0 saturated heterocycles. The maximum absolute atomic E-state index is 12.2. The molecule has 4 nitrogen and oxygen atoms in total. The van der Waals surface area contributed by atoms with Crippen LogP contribution in [0.3, 0.4) is 0 Å². The fourth-order valence-corrected chi connectivity index (χ4v) is 2.88. The van der Waals surface area contributed by atoms with E-state index in [-0.39, 0.29) is 6.61 Å². The molecule has 0 aliphatic rings. The molecule has 0 saturated carbocycles. The molecule has 1 aromatic heterocycles. The number of hydrogen-bond donors (Lipinski definition) is 1. The van der Waals surface area contributed by atoms with Crippen LogP contribution in [0.5, 0.6) is 0 Å². The Morgan fingerprint density at radius 3 is 2.60 bits per heavy atom. The number of rotatable bonds is 2. The Labute approximate surface area is 120 Å². The summed E-state index contributed by atoms with van der Waals surface area (Å²) in [7, 11) is 0. The molecule has 0 aliphatic heterocycles. The summed E-state index contributed by atoms with van der Waals surface area (Å²) in [6.45, 7) is 0.232. The van der Waals surface area contributed by atoms with Gasteiger partial charge in [0.1, 0.15) is 6.61 Å². The maximum Gasteiger partial charge on any atom is 0.513 e. The number of ether oxygens (including phenoxy) is 1. The van der Waals surface area contributed by atoms with Gasteiger partial charge in [0.2, 0.25) is 0 Å². The van der Waals surface area contributed by atoms with Crippen molar-refractivity contribution in [1.29, 1.82) is 0 Å². The van der Waals surface area contributed by atoms with Gasteiger partial charge in [0.15, 0.2) is 5.52 Å². The van der Waals surface area contributed by atoms with E-state index in [4.69, 9.17) is 10.5 Å². The summed E-state index contributed by atoms with van der Waals surface area (Å²) in [5.74, 6) is 0. The minimum Gasteiger partial charge on any atom is -0.426 e.